The van der Waals surface area contributed by atoms with Crippen molar-refractivity contribution in [2.75, 3.05) is 10.0 Å². The molecule has 3 aromatic rings. The summed E-state index contributed by atoms with van der Waals surface area (Å²) in [5.74, 6) is -1.14. The lowest BCUT2D eigenvalue weighted by molar-refractivity contribution is 0.0945. The van der Waals surface area contributed by atoms with Gasteiger partial charge in [-0.15, -0.1) is 11.3 Å². The Kier molecular flexibility index (Phi) is 6.42. The number of nitrogens with one attached hydrogen (secondary N) is 4. The van der Waals surface area contributed by atoms with E-state index in [9.17, 15) is 17.6 Å². The van der Waals surface area contributed by atoms with E-state index in [4.69, 9.17) is 12.2 Å². The molecule has 150 valence electrons. The lowest BCUT2D eigenvalue weighted by Gasteiger charge is -2.14. The van der Waals surface area contributed by atoms with Gasteiger partial charge in [0.2, 0.25) is 0 Å². The zero-order valence-corrected chi connectivity index (χ0v) is 17.1. The fourth-order valence-electron chi connectivity index (χ4n) is 2.28. The van der Waals surface area contributed by atoms with Crippen molar-refractivity contribution >= 4 is 56.0 Å². The van der Waals surface area contributed by atoms with E-state index >= 15 is 0 Å². The third-order valence-corrected chi connectivity index (χ3v) is 6.55. The highest BCUT2D eigenvalue weighted by atomic mass is 32.2. The summed E-state index contributed by atoms with van der Waals surface area (Å²) in [5, 5.41) is 4.21. The summed E-state index contributed by atoms with van der Waals surface area (Å²) >= 11 is 6.08. The maximum Gasteiger partial charge on any atom is 0.271 e. The number of hydrogen-bond donors (Lipinski definition) is 4. The van der Waals surface area contributed by atoms with E-state index < -0.39 is 21.7 Å². The molecule has 0 atom stereocenters. The van der Waals surface area contributed by atoms with E-state index in [0.29, 0.717) is 0 Å². The first kappa shape index (κ1) is 20.7. The lowest BCUT2D eigenvalue weighted by atomic mass is 10.2. The summed E-state index contributed by atoms with van der Waals surface area (Å²) in [6, 6.07) is 15.1. The maximum absolute atomic E-state index is 13.6. The van der Waals surface area contributed by atoms with Gasteiger partial charge in [-0.3, -0.25) is 20.4 Å². The first-order chi connectivity index (χ1) is 13.9. The number of rotatable bonds is 5. The molecule has 2 aromatic carbocycles. The van der Waals surface area contributed by atoms with Crippen LogP contribution in [0.5, 0.6) is 0 Å². The van der Waals surface area contributed by atoms with Gasteiger partial charge in [-0.2, -0.15) is 0 Å². The summed E-state index contributed by atoms with van der Waals surface area (Å²) in [6.07, 6.45) is 0. The summed E-state index contributed by atoms with van der Waals surface area (Å²) < 4.78 is 41.0. The molecule has 0 saturated heterocycles. The fourth-order valence-corrected chi connectivity index (χ4v) is 4.51. The van der Waals surface area contributed by atoms with Crippen LogP contribution in [0.3, 0.4) is 0 Å². The molecule has 0 bridgehead atoms. The number of thiocarbonyl (C=S) groups is 1. The Balaban J connectivity index is 1.67. The molecule has 1 aromatic heterocycles. The Morgan fingerprint density at radius 3 is 2.31 bits per heavy atom. The zero-order chi connectivity index (χ0) is 20.9. The number of amides is 1. The van der Waals surface area contributed by atoms with Crippen LogP contribution in [0.25, 0.3) is 0 Å². The van der Waals surface area contributed by atoms with Crippen LogP contribution in [0.15, 0.2) is 70.3 Å². The third-order valence-electron chi connectivity index (χ3n) is 3.59. The predicted octanol–water partition coefficient (Wildman–Crippen LogP) is 3.32. The van der Waals surface area contributed by atoms with Crippen LogP contribution in [0.2, 0.25) is 0 Å². The van der Waals surface area contributed by atoms with Crippen LogP contribution >= 0.6 is 23.6 Å². The smallest absolute Gasteiger partial charge is 0.271 e. The zero-order valence-electron chi connectivity index (χ0n) is 14.7. The summed E-state index contributed by atoms with van der Waals surface area (Å²) in [6.45, 7) is 0. The molecule has 0 aliphatic rings. The van der Waals surface area contributed by atoms with Crippen molar-refractivity contribution in [2.45, 2.75) is 4.21 Å². The number of hydrogen-bond acceptors (Lipinski definition) is 5. The van der Waals surface area contributed by atoms with Crippen LogP contribution < -0.4 is 20.9 Å². The molecule has 0 radical (unpaired) electrons. The number of carbonyl (C=O) groups is 1. The number of para-hydroxylation sites is 2. The quantitative estimate of drug-likeness (QED) is 0.352. The number of hydrazine groups is 1. The van der Waals surface area contributed by atoms with Gasteiger partial charge in [-0.1, -0.05) is 30.3 Å². The summed E-state index contributed by atoms with van der Waals surface area (Å²) in [4.78, 5) is 12.5. The lowest BCUT2D eigenvalue weighted by Crippen LogP contribution is -2.44. The molecule has 0 aliphatic carbocycles. The van der Waals surface area contributed by atoms with Gasteiger partial charge in [-0.05, 0) is 47.9 Å². The van der Waals surface area contributed by atoms with Crippen LogP contribution in [0.1, 0.15) is 10.4 Å². The molecule has 0 aliphatic heterocycles. The fraction of sp³-hybridized carbons (Fsp3) is 0. The average molecular weight is 451 g/mol. The second-order valence-electron chi connectivity index (χ2n) is 5.60. The summed E-state index contributed by atoms with van der Waals surface area (Å²) in [7, 11) is -3.81. The van der Waals surface area contributed by atoms with E-state index in [1.807, 2.05) is 0 Å². The van der Waals surface area contributed by atoms with Gasteiger partial charge in [0.15, 0.2) is 5.11 Å². The largest absolute Gasteiger partial charge is 0.329 e. The predicted molar refractivity (Wildman–Crippen MR) is 115 cm³/mol. The molecule has 0 unspecified atom stereocenters. The highest BCUT2D eigenvalue weighted by Crippen LogP contribution is 2.22. The summed E-state index contributed by atoms with van der Waals surface area (Å²) in [5.41, 5.74) is 5.13. The molecule has 4 N–H and O–H groups in total. The Morgan fingerprint density at radius 1 is 0.931 bits per heavy atom. The molecule has 7 nitrogen and oxygen atoms in total. The molecular formula is C18H15FN4O3S3. The van der Waals surface area contributed by atoms with Crippen LogP contribution in [0, 0.1) is 5.82 Å². The van der Waals surface area contributed by atoms with Gasteiger partial charge in [-0.25, -0.2) is 12.8 Å². The monoisotopic (exact) mass is 450 g/mol. The van der Waals surface area contributed by atoms with E-state index in [-0.39, 0.29) is 26.3 Å². The number of anilines is 2. The van der Waals surface area contributed by atoms with E-state index in [1.165, 1.54) is 36.4 Å². The number of carbonyl (C=O) groups excluding carboxylic acids is 1. The van der Waals surface area contributed by atoms with Gasteiger partial charge in [0.1, 0.15) is 10.0 Å². The normalized spacial score (nSPS) is 10.8. The van der Waals surface area contributed by atoms with Crippen LogP contribution in [-0.2, 0) is 10.0 Å². The van der Waals surface area contributed by atoms with Crippen molar-refractivity contribution in [3.63, 3.8) is 0 Å². The van der Waals surface area contributed by atoms with Crippen LogP contribution in [0.4, 0.5) is 15.8 Å². The second kappa shape index (κ2) is 8.99. The molecule has 0 saturated carbocycles. The van der Waals surface area contributed by atoms with E-state index in [2.05, 4.69) is 20.9 Å². The van der Waals surface area contributed by atoms with Crippen molar-refractivity contribution in [1.82, 2.24) is 10.9 Å². The Labute approximate surface area is 176 Å². The highest BCUT2D eigenvalue weighted by Gasteiger charge is 2.19. The standard InChI is InChI=1S/C18H15FN4O3S3/c19-13-7-2-4-9-15(13)20-18(27)22-21-17(24)12-6-1-3-8-14(12)23-29(25,26)16-10-5-11-28-16/h1-11,23H,(H,21,24)(H2,20,22,27). The topological polar surface area (TPSA) is 99.3 Å². The molecule has 29 heavy (non-hydrogen) atoms. The minimum atomic E-state index is -3.81. The Morgan fingerprint density at radius 2 is 1.62 bits per heavy atom. The van der Waals surface area contributed by atoms with E-state index in [1.54, 1.807) is 29.6 Å². The molecule has 0 spiro atoms. The molecule has 1 amide bonds. The first-order valence-electron chi connectivity index (χ1n) is 8.14. The maximum atomic E-state index is 13.6. The van der Waals surface area contributed by atoms with Gasteiger partial charge in [0, 0.05) is 0 Å². The average Bonchev–Trinajstić information content (AvgIpc) is 3.24. The van der Waals surface area contributed by atoms with Crippen molar-refractivity contribution in [3.05, 3.63) is 77.4 Å². The minimum absolute atomic E-state index is 0.0416. The number of thiophene rings is 1. The van der Waals surface area contributed by atoms with Gasteiger partial charge in [0.05, 0.1) is 16.9 Å². The van der Waals surface area contributed by atoms with Gasteiger partial charge >= 0.3 is 0 Å². The van der Waals surface area contributed by atoms with Gasteiger partial charge in [0.25, 0.3) is 15.9 Å². The number of benzene rings is 2. The minimum Gasteiger partial charge on any atom is -0.329 e. The molecule has 11 heteroatoms. The highest BCUT2D eigenvalue weighted by molar-refractivity contribution is 7.94. The van der Waals surface area contributed by atoms with Crippen molar-refractivity contribution in [2.24, 2.45) is 0 Å². The van der Waals surface area contributed by atoms with Crippen LogP contribution in [-0.4, -0.2) is 19.4 Å². The molecule has 3 rings (SSSR count). The SMILES string of the molecule is O=C(NNC(=S)Nc1ccccc1F)c1ccccc1NS(=O)(=O)c1cccs1. The molecule has 1 heterocycles. The second-order valence-corrected chi connectivity index (χ2v) is 8.86. The molecule has 0 fully saturated rings. The van der Waals surface area contributed by atoms with E-state index in [0.717, 1.165) is 11.3 Å². The van der Waals surface area contributed by atoms with Gasteiger partial charge < -0.3 is 5.32 Å². The Bertz CT molecular complexity index is 1130. The number of halogens is 1. The third kappa shape index (κ3) is 5.28. The molecular weight excluding hydrogens is 435 g/mol. The number of sulfonamides is 1. The first-order valence-corrected chi connectivity index (χ1v) is 10.9. The Hall–Kier alpha value is -3.02. The van der Waals surface area contributed by atoms with Crippen molar-refractivity contribution in [1.29, 1.82) is 0 Å². The van der Waals surface area contributed by atoms with Crippen molar-refractivity contribution < 1.29 is 17.6 Å². The van der Waals surface area contributed by atoms with Crippen molar-refractivity contribution in [3.8, 4) is 0 Å².